The maximum atomic E-state index is 5.59. The highest BCUT2D eigenvalue weighted by atomic mass is 32.1. The van der Waals surface area contributed by atoms with Gasteiger partial charge in [-0.25, -0.2) is 12.5 Å². The summed E-state index contributed by atoms with van der Waals surface area (Å²) in [6, 6.07) is 0. The summed E-state index contributed by atoms with van der Waals surface area (Å²) in [5, 5.41) is 0. The van der Waals surface area contributed by atoms with Gasteiger partial charge in [-0.05, 0) is 0 Å². The van der Waals surface area contributed by atoms with Gasteiger partial charge in [0, 0.05) is 7.74 Å². The first-order valence-electron chi connectivity index (χ1n) is 5.39. The second kappa shape index (κ2) is 6.92. The van der Waals surface area contributed by atoms with Gasteiger partial charge in [0.25, 0.3) is 0 Å². The molecule has 0 aromatic carbocycles. The van der Waals surface area contributed by atoms with Crippen LogP contribution in [0.3, 0.4) is 0 Å². The van der Waals surface area contributed by atoms with Crippen LogP contribution >= 0.6 is 12.5 Å². The summed E-state index contributed by atoms with van der Waals surface area (Å²) in [5.74, 6) is 1.40. The molecule has 2 atom stereocenters. The Morgan fingerprint density at radius 2 is 1.46 bits per heavy atom. The molecular formula is C9H17B3S. The highest BCUT2D eigenvalue weighted by Crippen LogP contribution is 2.30. The third kappa shape index (κ3) is 4.53. The van der Waals surface area contributed by atoms with Crippen LogP contribution in [0.2, 0.25) is 11.6 Å². The molecule has 0 aromatic heterocycles. The van der Waals surface area contributed by atoms with Crippen molar-refractivity contribution in [1.82, 2.24) is 0 Å². The van der Waals surface area contributed by atoms with Gasteiger partial charge in [-0.3, -0.25) is 0 Å². The predicted molar refractivity (Wildman–Crippen MR) is 66.1 cm³/mol. The van der Waals surface area contributed by atoms with Gasteiger partial charge in [-0.1, -0.05) is 56.6 Å². The molecule has 1 aliphatic carbocycles. The van der Waals surface area contributed by atoms with Crippen molar-refractivity contribution in [3.8, 4) is 0 Å². The van der Waals surface area contributed by atoms with Crippen LogP contribution in [0.4, 0.5) is 0 Å². The highest BCUT2D eigenvalue weighted by molar-refractivity contribution is 8.07. The van der Waals surface area contributed by atoms with Crippen molar-refractivity contribution in [3.63, 3.8) is 0 Å². The molecule has 0 heterocycles. The summed E-state index contributed by atoms with van der Waals surface area (Å²) in [4.78, 5) is 0. The quantitative estimate of drug-likeness (QED) is 0.501. The van der Waals surface area contributed by atoms with Crippen LogP contribution in [0.1, 0.15) is 44.9 Å². The lowest BCUT2D eigenvalue weighted by atomic mass is 9.45. The minimum absolute atomic E-state index is 0.665. The Morgan fingerprint density at radius 1 is 0.923 bits per heavy atom. The Labute approximate surface area is 90.8 Å². The molecule has 13 heavy (non-hydrogen) atoms. The minimum Gasteiger partial charge on any atom is -0.235 e. The van der Waals surface area contributed by atoms with E-state index in [-0.39, 0.29) is 0 Å². The minimum atomic E-state index is 0.665. The first-order chi connectivity index (χ1) is 6.36. The monoisotopic (exact) mass is 190 g/mol. The van der Waals surface area contributed by atoms with Crippen molar-refractivity contribution in [1.29, 1.82) is 0 Å². The van der Waals surface area contributed by atoms with Crippen LogP contribution in [0.5, 0.6) is 0 Å². The van der Waals surface area contributed by atoms with E-state index in [1.807, 2.05) is 7.17 Å². The Morgan fingerprint density at radius 3 is 2.08 bits per heavy atom. The lowest BCUT2D eigenvalue weighted by Crippen LogP contribution is -2.03. The van der Waals surface area contributed by atoms with E-state index in [9.17, 15) is 0 Å². The first kappa shape index (κ1) is 11.6. The average molecular weight is 190 g/mol. The fraction of sp³-hybridized carbons (Fsp3) is 1.00. The third-order valence-electron chi connectivity index (χ3n) is 3.03. The zero-order chi connectivity index (χ0) is 9.52. The largest absolute Gasteiger partial charge is 0.235 e. The fourth-order valence-electron chi connectivity index (χ4n) is 2.09. The number of thiol groups is 1. The van der Waals surface area contributed by atoms with Gasteiger partial charge in [-0.15, -0.1) is 0 Å². The summed E-state index contributed by atoms with van der Waals surface area (Å²) in [5.41, 5.74) is 0. The molecule has 0 bridgehead atoms. The van der Waals surface area contributed by atoms with Crippen molar-refractivity contribution in [2.24, 2.45) is 0 Å². The van der Waals surface area contributed by atoms with Gasteiger partial charge in [-0.2, -0.15) is 0 Å². The molecule has 1 saturated carbocycles. The lowest BCUT2D eigenvalue weighted by molar-refractivity contribution is 0.622. The molecule has 4 radical (unpaired) electrons. The Balaban J connectivity index is 2.29. The second-order valence-electron chi connectivity index (χ2n) is 4.08. The van der Waals surface area contributed by atoms with Crippen LogP contribution in [0.25, 0.3) is 0 Å². The molecular weight excluding hydrogens is 173 g/mol. The number of hydrogen-bond acceptors (Lipinski definition) is 1. The van der Waals surface area contributed by atoms with Crippen LogP contribution in [-0.4, -0.2) is 21.5 Å². The van der Waals surface area contributed by atoms with Gasteiger partial charge >= 0.3 is 0 Å². The van der Waals surface area contributed by atoms with E-state index in [0.717, 1.165) is 5.82 Å². The lowest BCUT2D eigenvalue weighted by Gasteiger charge is -2.12. The smallest absolute Gasteiger partial charge is 0.190 e. The van der Waals surface area contributed by atoms with Crippen molar-refractivity contribution in [2.75, 3.05) is 0 Å². The van der Waals surface area contributed by atoms with Gasteiger partial charge < -0.3 is 0 Å². The van der Waals surface area contributed by atoms with E-state index in [1.54, 1.807) is 0 Å². The van der Waals surface area contributed by atoms with E-state index in [2.05, 4.69) is 19.0 Å². The van der Waals surface area contributed by atoms with Crippen molar-refractivity contribution >= 4 is 33.9 Å². The fourth-order valence-corrected chi connectivity index (χ4v) is 2.38. The molecule has 0 aromatic rings. The van der Waals surface area contributed by atoms with Gasteiger partial charge in [0.05, 0.1) is 7.17 Å². The van der Waals surface area contributed by atoms with Crippen molar-refractivity contribution in [3.05, 3.63) is 0 Å². The van der Waals surface area contributed by atoms with Crippen molar-refractivity contribution < 1.29 is 0 Å². The molecule has 0 amide bonds. The summed E-state index contributed by atoms with van der Waals surface area (Å²) >= 11 is 4.27. The molecule has 1 fully saturated rings. The van der Waals surface area contributed by atoms with Gasteiger partial charge in [0.15, 0.2) is 6.56 Å². The molecule has 0 saturated heterocycles. The molecule has 1 rings (SSSR count). The SMILES string of the molecule is [B][B]C1CCCCC([B]S)CCC1. The zero-order valence-electron chi connectivity index (χ0n) is 8.28. The molecule has 68 valence electrons. The Bertz CT molecular complexity index is 118. The standard InChI is InChI=1S/C9H17B3S/c10-11-8-4-1-2-5-9(12-13)7-3-6-8/h8-9,13H,1-7H2. The zero-order valence-corrected chi connectivity index (χ0v) is 9.18. The summed E-state index contributed by atoms with van der Waals surface area (Å²) in [6.07, 6.45) is 9.15. The van der Waals surface area contributed by atoms with E-state index < -0.39 is 0 Å². The molecule has 2 unspecified atom stereocenters. The molecule has 0 N–H and O–H groups in total. The average Bonchev–Trinajstić information content (AvgIpc) is 2.28. The first-order valence-corrected chi connectivity index (χ1v) is 5.91. The maximum absolute atomic E-state index is 5.59. The second-order valence-corrected chi connectivity index (χ2v) is 4.38. The Hall–Kier alpha value is 0.545. The van der Waals surface area contributed by atoms with Crippen LogP contribution in [-0.2, 0) is 0 Å². The summed E-state index contributed by atoms with van der Waals surface area (Å²) in [7, 11) is 7.49. The van der Waals surface area contributed by atoms with Crippen LogP contribution < -0.4 is 0 Å². The maximum Gasteiger partial charge on any atom is 0.190 e. The summed E-state index contributed by atoms with van der Waals surface area (Å²) in [6.45, 7) is 2.08. The van der Waals surface area contributed by atoms with E-state index in [4.69, 9.17) is 7.74 Å². The Kier molecular flexibility index (Phi) is 6.18. The van der Waals surface area contributed by atoms with Gasteiger partial charge in [0.2, 0.25) is 0 Å². The summed E-state index contributed by atoms with van der Waals surface area (Å²) < 4.78 is 0. The van der Waals surface area contributed by atoms with E-state index in [1.165, 1.54) is 44.9 Å². The van der Waals surface area contributed by atoms with Crippen LogP contribution in [0.15, 0.2) is 0 Å². The molecule has 0 spiro atoms. The van der Waals surface area contributed by atoms with Gasteiger partial charge in [0.1, 0.15) is 0 Å². The molecule has 0 nitrogen and oxygen atoms in total. The topological polar surface area (TPSA) is 0 Å². The molecule has 0 aliphatic heterocycles. The van der Waals surface area contributed by atoms with E-state index >= 15 is 0 Å². The number of hydrogen-bond donors (Lipinski definition) is 1. The highest BCUT2D eigenvalue weighted by Gasteiger charge is 2.13. The number of rotatable bonds is 2. The normalized spacial score (nSPS) is 31.2. The molecule has 1 aliphatic rings. The van der Waals surface area contributed by atoms with Crippen LogP contribution in [0, 0.1) is 0 Å². The molecule has 4 heteroatoms. The predicted octanol–water partition coefficient (Wildman–Crippen LogP) is 2.64. The third-order valence-corrected chi connectivity index (χ3v) is 3.45. The van der Waals surface area contributed by atoms with E-state index in [0.29, 0.717) is 5.82 Å². The van der Waals surface area contributed by atoms with Crippen molar-refractivity contribution in [2.45, 2.75) is 56.6 Å².